The monoisotopic (exact) mass is 335 g/mol. The molecule has 1 saturated heterocycles. The van der Waals surface area contributed by atoms with Crippen molar-refractivity contribution in [2.75, 3.05) is 18.6 Å². The fourth-order valence-electron chi connectivity index (χ4n) is 3.13. The zero-order chi connectivity index (χ0) is 17.4. The van der Waals surface area contributed by atoms with E-state index >= 15 is 0 Å². The fourth-order valence-corrected chi connectivity index (χ4v) is 3.13. The molecule has 4 rings (SSSR count). The molecule has 0 bridgehead atoms. The highest BCUT2D eigenvalue weighted by atomic mass is 16.5. The molecule has 3 aromatic rings. The molecule has 1 aromatic heterocycles. The summed E-state index contributed by atoms with van der Waals surface area (Å²) >= 11 is 0. The Morgan fingerprint density at radius 1 is 1.16 bits per heavy atom. The Bertz CT molecular complexity index is 973. The van der Waals surface area contributed by atoms with Crippen LogP contribution in [0.25, 0.3) is 11.0 Å². The third-order valence-electron chi connectivity index (χ3n) is 4.44. The lowest BCUT2D eigenvalue weighted by molar-refractivity contribution is -0.117. The van der Waals surface area contributed by atoms with E-state index in [0.717, 1.165) is 17.5 Å². The number of hydrogen-bond donors (Lipinski definition) is 0. The largest absolute Gasteiger partial charge is 0.497 e. The number of hydrogen-bond acceptors (Lipinski definition) is 4. The van der Waals surface area contributed by atoms with Gasteiger partial charge in [-0.1, -0.05) is 12.1 Å². The first-order chi connectivity index (χ1) is 12.2. The van der Waals surface area contributed by atoms with Crippen LogP contribution >= 0.6 is 0 Å². The molecule has 0 unspecified atom stereocenters. The van der Waals surface area contributed by atoms with E-state index in [4.69, 9.17) is 9.15 Å². The number of nitrogens with zero attached hydrogens (tertiary/aromatic N) is 1. The Kier molecular flexibility index (Phi) is 3.76. The first-order valence-corrected chi connectivity index (χ1v) is 8.18. The highest BCUT2D eigenvalue weighted by molar-refractivity contribution is 6.10. The summed E-state index contributed by atoms with van der Waals surface area (Å²) in [6, 6.07) is 14.3. The molecular weight excluding hydrogens is 318 g/mol. The second kappa shape index (κ2) is 6.09. The van der Waals surface area contributed by atoms with Gasteiger partial charge in [-0.05, 0) is 36.8 Å². The first-order valence-electron chi connectivity index (χ1n) is 8.18. The Balaban J connectivity index is 1.67. The van der Waals surface area contributed by atoms with Crippen molar-refractivity contribution in [2.45, 2.75) is 12.8 Å². The second-order valence-corrected chi connectivity index (χ2v) is 6.04. The molecule has 2 aromatic carbocycles. The van der Waals surface area contributed by atoms with Crippen molar-refractivity contribution in [1.29, 1.82) is 0 Å². The summed E-state index contributed by atoms with van der Waals surface area (Å²) in [5.74, 6) is 0.840. The van der Waals surface area contributed by atoms with Crippen LogP contribution in [0, 0.1) is 0 Å². The average molecular weight is 335 g/mol. The number of fused-ring (bicyclic) bond motifs is 1. The molecule has 0 atom stereocenters. The van der Waals surface area contributed by atoms with E-state index in [2.05, 4.69) is 0 Å². The SMILES string of the molecule is COc1ccc2cc(C(=O)c3cccc(N4CCCC4=O)c3)oc2c1. The topological polar surface area (TPSA) is 59.8 Å². The van der Waals surface area contributed by atoms with Gasteiger partial charge in [-0.3, -0.25) is 9.59 Å². The number of ketones is 1. The Hall–Kier alpha value is -3.08. The summed E-state index contributed by atoms with van der Waals surface area (Å²) < 4.78 is 10.9. The second-order valence-electron chi connectivity index (χ2n) is 6.04. The van der Waals surface area contributed by atoms with E-state index in [1.165, 1.54) is 0 Å². The third kappa shape index (κ3) is 2.78. The van der Waals surface area contributed by atoms with E-state index in [9.17, 15) is 9.59 Å². The van der Waals surface area contributed by atoms with E-state index in [1.54, 1.807) is 42.3 Å². The average Bonchev–Trinajstić information content (AvgIpc) is 3.26. The maximum atomic E-state index is 12.8. The van der Waals surface area contributed by atoms with Crippen molar-refractivity contribution in [3.8, 4) is 5.75 Å². The predicted molar refractivity (Wildman–Crippen MR) is 94.2 cm³/mol. The third-order valence-corrected chi connectivity index (χ3v) is 4.44. The van der Waals surface area contributed by atoms with Crippen LogP contribution in [-0.2, 0) is 4.79 Å². The van der Waals surface area contributed by atoms with Gasteiger partial charge in [0.2, 0.25) is 11.7 Å². The van der Waals surface area contributed by atoms with Crippen LogP contribution < -0.4 is 9.64 Å². The number of benzene rings is 2. The van der Waals surface area contributed by atoms with Crippen molar-refractivity contribution in [3.63, 3.8) is 0 Å². The standard InChI is InChI=1S/C20H17NO4/c1-24-16-8-7-13-11-18(25-17(13)12-16)20(23)14-4-2-5-15(10-14)21-9-3-6-19(21)22/h2,4-5,7-8,10-12H,3,6,9H2,1H3. The zero-order valence-corrected chi connectivity index (χ0v) is 13.8. The molecule has 0 N–H and O–H groups in total. The van der Waals surface area contributed by atoms with Gasteiger partial charge in [0, 0.05) is 35.7 Å². The number of amides is 1. The lowest BCUT2D eigenvalue weighted by atomic mass is 10.1. The van der Waals surface area contributed by atoms with Gasteiger partial charge in [0.05, 0.1) is 7.11 Å². The lowest BCUT2D eigenvalue weighted by Gasteiger charge is -2.16. The van der Waals surface area contributed by atoms with Gasteiger partial charge in [-0.25, -0.2) is 0 Å². The molecule has 25 heavy (non-hydrogen) atoms. The molecule has 0 aliphatic carbocycles. The molecule has 2 heterocycles. The Morgan fingerprint density at radius 3 is 2.80 bits per heavy atom. The van der Waals surface area contributed by atoms with Crippen LogP contribution in [-0.4, -0.2) is 25.3 Å². The summed E-state index contributed by atoms with van der Waals surface area (Å²) in [7, 11) is 1.58. The molecule has 1 aliphatic rings. The Labute approximate surface area is 144 Å². The van der Waals surface area contributed by atoms with Gasteiger partial charge in [-0.15, -0.1) is 0 Å². The van der Waals surface area contributed by atoms with Crippen molar-refractivity contribution >= 4 is 28.3 Å². The molecule has 0 spiro atoms. The van der Waals surface area contributed by atoms with Crippen molar-refractivity contribution < 1.29 is 18.7 Å². The summed E-state index contributed by atoms with van der Waals surface area (Å²) in [6.45, 7) is 0.695. The van der Waals surface area contributed by atoms with Crippen molar-refractivity contribution in [2.24, 2.45) is 0 Å². The normalized spacial score (nSPS) is 14.3. The number of rotatable bonds is 4. The number of furan rings is 1. The van der Waals surface area contributed by atoms with Crippen LogP contribution in [0.5, 0.6) is 5.75 Å². The molecule has 1 aliphatic heterocycles. The maximum absolute atomic E-state index is 12.8. The predicted octanol–water partition coefficient (Wildman–Crippen LogP) is 3.80. The van der Waals surface area contributed by atoms with E-state index < -0.39 is 0 Å². The van der Waals surface area contributed by atoms with Gasteiger partial charge in [0.25, 0.3) is 0 Å². The first kappa shape index (κ1) is 15.4. The molecule has 5 nitrogen and oxygen atoms in total. The quantitative estimate of drug-likeness (QED) is 0.681. The molecule has 126 valence electrons. The minimum absolute atomic E-state index is 0.0976. The minimum Gasteiger partial charge on any atom is -0.497 e. The summed E-state index contributed by atoms with van der Waals surface area (Å²) in [4.78, 5) is 26.4. The number of carbonyl (C=O) groups is 2. The lowest BCUT2D eigenvalue weighted by Crippen LogP contribution is -2.23. The maximum Gasteiger partial charge on any atom is 0.228 e. The van der Waals surface area contributed by atoms with Crippen molar-refractivity contribution in [1.82, 2.24) is 0 Å². The molecule has 0 radical (unpaired) electrons. The van der Waals surface area contributed by atoms with Crippen molar-refractivity contribution in [3.05, 3.63) is 59.9 Å². The minimum atomic E-state index is -0.205. The highest BCUT2D eigenvalue weighted by Gasteiger charge is 2.23. The number of anilines is 1. The Morgan fingerprint density at radius 2 is 2.04 bits per heavy atom. The van der Waals surface area contributed by atoms with Crippen LogP contribution in [0.15, 0.2) is 52.9 Å². The molecular formula is C20H17NO4. The van der Waals surface area contributed by atoms with Crippen LogP contribution in [0.4, 0.5) is 5.69 Å². The van der Waals surface area contributed by atoms with Gasteiger partial charge in [-0.2, -0.15) is 0 Å². The van der Waals surface area contributed by atoms with E-state index in [0.29, 0.717) is 29.9 Å². The van der Waals surface area contributed by atoms with Gasteiger partial charge in [0.15, 0.2) is 5.76 Å². The summed E-state index contributed by atoms with van der Waals surface area (Å²) in [5.41, 5.74) is 1.86. The summed E-state index contributed by atoms with van der Waals surface area (Å²) in [5, 5.41) is 0.843. The zero-order valence-electron chi connectivity index (χ0n) is 13.8. The highest BCUT2D eigenvalue weighted by Crippen LogP contribution is 2.27. The molecule has 1 fully saturated rings. The van der Waals surface area contributed by atoms with E-state index in [1.807, 2.05) is 18.2 Å². The van der Waals surface area contributed by atoms with Gasteiger partial charge in [0.1, 0.15) is 11.3 Å². The van der Waals surface area contributed by atoms with Crippen LogP contribution in [0.1, 0.15) is 29.0 Å². The van der Waals surface area contributed by atoms with Gasteiger partial charge >= 0.3 is 0 Å². The fraction of sp³-hybridized carbons (Fsp3) is 0.200. The smallest absolute Gasteiger partial charge is 0.228 e. The summed E-state index contributed by atoms with van der Waals surface area (Å²) in [6.07, 6.45) is 1.41. The molecule has 5 heteroatoms. The van der Waals surface area contributed by atoms with E-state index in [-0.39, 0.29) is 17.5 Å². The number of ether oxygens (including phenoxy) is 1. The molecule has 0 saturated carbocycles. The molecule has 1 amide bonds. The van der Waals surface area contributed by atoms with Crippen LogP contribution in [0.3, 0.4) is 0 Å². The van der Waals surface area contributed by atoms with Gasteiger partial charge < -0.3 is 14.1 Å². The van der Waals surface area contributed by atoms with Crippen LogP contribution in [0.2, 0.25) is 0 Å². The number of methoxy groups -OCH3 is 1. The number of carbonyl (C=O) groups excluding carboxylic acids is 2.